The molecule has 0 spiro atoms. The molecule has 0 radical (unpaired) electrons. The highest BCUT2D eigenvalue weighted by atomic mass is 32.9. The van der Waals surface area contributed by atoms with E-state index in [2.05, 4.69) is 17.1 Å². The van der Waals surface area contributed by atoms with Crippen LogP contribution in [0.1, 0.15) is 64.6 Å². The molecule has 5 nitrogen and oxygen atoms in total. The SMILES string of the molecule is CCCCCCCc1noc(CSP(=S)(OCC)OCC)n1. The second kappa shape index (κ2) is 11.6. The molecule has 0 atom stereocenters. The average Bonchev–Trinajstić information content (AvgIpc) is 2.94. The fourth-order valence-corrected chi connectivity index (χ4v) is 6.13. The van der Waals surface area contributed by atoms with Crippen LogP contribution in [0.4, 0.5) is 0 Å². The maximum atomic E-state index is 5.58. The van der Waals surface area contributed by atoms with E-state index < -0.39 is 5.69 Å². The molecular weight excluding hydrogens is 339 g/mol. The Morgan fingerprint density at radius 1 is 1.09 bits per heavy atom. The summed E-state index contributed by atoms with van der Waals surface area (Å²) in [6, 6.07) is 0. The molecule has 0 saturated carbocycles. The lowest BCUT2D eigenvalue weighted by atomic mass is 10.1. The van der Waals surface area contributed by atoms with Crippen LogP contribution in [0, 0.1) is 0 Å². The van der Waals surface area contributed by atoms with Crippen LogP contribution in [-0.4, -0.2) is 23.4 Å². The molecule has 0 fully saturated rings. The molecule has 0 unspecified atom stereocenters. The topological polar surface area (TPSA) is 57.4 Å². The van der Waals surface area contributed by atoms with Crippen molar-refractivity contribution in [2.24, 2.45) is 0 Å². The molecule has 0 amide bonds. The van der Waals surface area contributed by atoms with E-state index in [9.17, 15) is 0 Å². The zero-order chi connectivity index (χ0) is 16.3. The number of hydrogen-bond donors (Lipinski definition) is 0. The second-order valence-corrected chi connectivity index (χ2v) is 11.1. The molecule has 1 aromatic rings. The van der Waals surface area contributed by atoms with Gasteiger partial charge in [-0.3, -0.25) is 0 Å². The molecular formula is C14H27N2O3PS2. The Morgan fingerprint density at radius 2 is 1.77 bits per heavy atom. The highest BCUT2D eigenvalue weighted by Crippen LogP contribution is 2.61. The molecule has 1 aromatic heterocycles. The van der Waals surface area contributed by atoms with Crippen LogP contribution < -0.4 is 0 Å². The summed E-state index contributed by atoms with van der Waals surface area (Å²) in [6.07, 6.45) is 7.05. The Labute approximate surface area is 142 Å². The van der Waals surface area contributed by atoms with Gasteiger partial charge in [0, 0.05) is 6.42 Å². The van der Waals surface area contributed by atoms with E-state index in [1.165, 1.54) is 37.1 Å². The smallest absolute Gasteiger partial charge is 0.247 e. The van der Waals surface area contributed by atoms with Crippen LogP contribution in [0.3, 0.4) is 0 Å². The van der Waals surface area contributed by atoms with Gasteiger partial charge in [0.2, 0.25) is 11.6 Å². The summed E-state index contributed by atoms with van der Waals surface area (Å²) in [7, 11) is 0. The number of rotatable bonds is 13. The zero-order valence-electron chi connectivity index (χ0n) is 13.7. The molecule has 0 aliphatic heterocycles. The van der Waals surface area contributed by atoms with Crippen molar-refractivity contribution < 1.29 is 13.6 Å². The molecule has 0 N–H and O–H groups in total. The Balaban J connectivity index is 2.36. The van der Waals surface area contributed by atoms with E-state index in [0.29, 0.717) is 24.9 Å². The van der Waals surface area contributed by atoms with Crippen molar-refractivity contribution in [1.29, 1.82) is 0 Å². The third kappa shape index (κ3) is 8.06. The van der Waals surface area contributed by atoms with Crippen LogP contribution in [-0.2, 0) is 33.0 Å². The van der Waals surface area contributed by atoms with E-state index in [-0.39, 0.29) is 0 Å². The highest BCUT2D eigenvalue weighted by molar-refractivity contribution is 8.67. The van der Waals surface area contributed by atoms with Crippen molar-refractivity contribution in [3.05, 3.63) is 11.7 Å². The molecule has 128 valence electrons. The maximum Gasteiger partial charge on any atom is 0.247 e. The van der Waals surface area contributed by atoms with Crippen molar-refractivity contribution in [2.75, 3.05) is 13.2 Å². The molecule has 0 aromatic carbocycles. The molecule has 0 aliphatic rings. The van der Waals surface area contributed by atoms with Gasteiger partial charge < -0.3 is 13.6 Å². The first-order valence-corrected chi connectivity index (χ1v) is 12.2. The van der Waals surface area contributed by atoms with Gasteiger partial charge >= 0.3 is 0 Å². The van der Waals surface area contributed by atoms with Crippen molar-refractivity contribution in [1.82, 2.24) is 10.1 Å². The monoisotopic (exact) mass is 366 g/mol. The first kappa shape index (κ1) is 20.1. The van der Waals surface area contributed by atoms with Crippen molar-refractivity contribution >= 4 is 28.9 Å². The van der Waals surface area contributed by atoms with E-state index in [1.807, 2.05) is 13.8 Å². The highest BCUT2D eigenvalue weighted by Gasteiger charge is 2.20. The minimum Gasteiger partial charge on any atom is -0.338 e. The maximum absolute atomic E-state index is 5.58. The molecule has 8 heteroatoms. The van der Waals surface area contributed by atoms with Crippen molar-refractivity contribution in [3.63, 3.8) is 0 Å². The van der Waals surface area contributed by atoms with Crippen LogP contribution in [0.25, 0.3) is 0 Å². The number of aryl methyl sites for hydroxylation is 1. The van der Waals surface area contributed by atoms with Gasteiger partial charge in [-0.2, -0.15) is 4.98 Å². The van der Waals surface area contributed by atoms with Crippen LogP contribution >= 0.6 is 17.1 Å². The van der Waals surface area contributed by atoms with Gasteiger partial charge in [-0.15, -0.1) is 0 Å². The van der Waals surface area contributed by atoms with Crippen molar-refractivity contribution in [3.8, 4) is 0 Å². The largest absolute Gasteiger partial charge is 0.338 e. The van der Waals surface area contributed by atoms with Gasteiger partial charge in [0.15, 0.2) is 5.82 Å². The van der Waals surface area contributed by atoms with E-state index in [1.54, 1.807) is 0 Å². The Kier molecular flexibility index (Phi) is 10.6. The Bertz CT molecular complexity index is 447. The fraction of sp³-hybridized carbons (Fsp3) is 0.857. The Morgan fingerprint density at radius 3 is 2.41 bits per heavy atom. The van der Waals surface area contributed by atoms with Gasteiger partial charge in [0.05, 0.1) is 19.0 Å². The third-order valence-corrected chi connectivity index (χ3v) is 8.33. The standard InChI is InChI=1S/C14H27N2O3PS2/c1-4-7-8-9-10-11-13-15-14(19-16-13)12-22-20(21,17-5-2)18-6-3/h4-12H2,1-3H3. The number of nitrogens with zero attached hydrogens (tertiary/aromatic N) is 2. The summed E-state index contributed by atoms with van der Waals surface area (Å²) in [6.45, 7) is 7.16. The lowest BCUT2D eigenvalue weighted by molar-refractivity contribution is 0.280. The Hall–Kier alpha value is 0.0600. The molecule has 1 rings (SSSR count). The summed E-state index contributed by atoms with van der Waals surface area (Å²) in [4.78, 5) is 4.41. The van der Waals surface area contributed by atoms with Gasteiger partial charge in [0.1, 0.15) is 0 Å². The van der Waals surface area contributed by atoms with Gasteiger partial charge in [0.25, 0.3) is 0 Å². The lowest BCUT2D eigenvalue weighted by Gasteiger charge is -2.18. The van der Waals surface area contributed by atoms with E-state index in [0.717, 1.165) is 18.7 Å². The first-order chi connectivity index (χ1) is 10.6. The van der Waals surface area contributed by atoms with E-state index in [4.69, 9.17) is 25.4 Å². The quantitative estimate of drug-likeness (QED) is 0.355. The molecule has 22 heavy (non-hydrogen) atoms. The van der Waals surface area contributed by atoms with Gasteiger partial charge in [-0.1, -0.05) is 49.1 Å². The molecule has 0 saturated heterocycles. The summed E-state index contributed by atoms with van der Waals surface area (Å²) < 4.78 is 16.4. The predicted molar refractivity (Wildman–Crippen MR) is 95.6 cm³/mol. The third-order valence-electron chi connectivity index (χ3n) is 2.93. The first-order valence-electron chi connectivity index (χ1n) is 7.98. The van der Waals surface area contributed by atoms with E-state index >= 15 is 0 Å². The van der Waals surface area contributed by atoms with Gasteiger partial charge in [-0.05, 0) is 32.1 Å². The van der Waals surface area contributed by atoms with Gasteiger partial charge in [-0.25, -0.2) is 0 Å². The number of aromatic nitrogens is 2. The molecule has 0 aliphatic carbocycles. The molecule has 0 bridgehead atoms. The lowest BCUT2D eigenvalue weighted by Crippen LogP contribution is -1.93. The fourth-order valence-electron chi connectivity index (χ4n) is 1.90. The number of hydrogen-bond acceptors (Lipinski definition) is 7. The van der Waals surface area contributed by atoms with Crippen LogP contribution in [0.2, 0.25) is 0 Å². The minimum absolute atomic E-state index is 0.542. The summed E-state index contributed by atoms with van der Waals surface area (Å²) in [5.41, 5.74) is -2.29. The average molecular weight is 366 g/mol. The zero-order valence-corrected chi connectivity index (χ0v) is 16.3. The number of unbranched alkanes of at least 4 members (excludes halogenated alkanes) is 4. The minimum atomic E-state index is -2.29. The van der Waals surface area contributed by atoms with Crippen molar-refractivity contribution in [2.45, 2.75) is 65.0 Å². The summed E-state index contributed by atoms with van der Waals surface area (Å²) in [5.74, 6) is 1.93. The normalized spacial score (nSPS) is 12.0. The van der Waals surface area contributed by atoms with Crippen LogP contribution in [0.15, 0.2) is 4.52 Å². The summed E-state index contributed by atoms with van der Waals surface area (Å²) in [5, 5.41) is 4.02. The predicted octanol–water partition coefficient (Wildman–Crippen LogP) is 5.11. The van der Waals surface area contributed by atoms with Crippen LogP contribution in [0.5, 0.6) is 0 Å². The molecule has 1 heterocycles. The summed E-state index contributed by atoms with van der Waals surface area (Å²) >= 11 is 6.92. The second-order valence-electron chi connectivity index (χ2n) is 4.82.